The first-order valence-electron chi connectivity index (χ1n) is 5.53. The van der Waals surface area contributed by atoms with Gasteiger partial charge in [-0.15, -0.1) is 0 Å². The van der Waals surface area contributed by atoms with E-state index in [1.54, 1.807) is 0 Å². The van der Waals surface area contributed by atoms with Crippen molar-refractivity contribution >= 4 is 50.6 Å². The van der Waals surface area contributed by atoms with Crippen LogP contribution in [0.2, 0.25) is 15.1 Å². The Morgan fingerprint density at radius 1 is 1.25 bits per heavy atom. The van der Waals surface area contributed by atoms with Crippen LogP contribution < -0.4 is 4.74 Å². The molecule has 0 saturated carbocycles. The van der Waals surface area contributed by atoms with E-state index in [0.717, 1.165) is 5.41 Å². The number of ether oxygens (including phenoxy) is 1. The zero-order chi connectivity index (χ0) is 14.9. The number of halogens is 3. The largest absolute Gasteiger partial charge is 0.423 e. The minimum Gasteiger partial charge on any atom is -0.423 e. The zero-order valence-corrected chi connectivity index (χ0v) is 13.1. The monoisotopic (exact) mass is 354 g/mol. The van der Waals surface area contributed by atoms with Crippen molar-refractivity contribution in [1.82, 2.24) is 0 Å². The quantitative estimate of drug-likeness (QED) is 0.615. The van der Waals surface area contributed by atoms with Crippen LogP contribution in [-0.2, 0) is 14.6 Å². The lowest BCUT2D eigenvalue weighted by atomic mass is 10.1. The van der Waals surface area contributed by atoms with Gasteiger partial charge in [-0.1, -0.05) is 40.9 Å². The van der Waals surface area contributed by atoms with Crippen molar-refractivity contribution in [1.29, 1.82) is 0 Å². The van der Waals surface area contributed by atoms with Gasteiger partial charge in [-0.2, -0.15) is 0 Å². The maximum Gasteiger partial charge on any atom is 0.311 e. The van der Waals surface area contributed by atoms with Crippen LogP contribution in [0.25, 0.3) is 0 Å². The third-order valence-corrected chi connectivity index (χ3v) is 4.86. The van der Waals surface area contributed by atoms with E-state index < -0.39 is 21.7 Å². The summed E-state index contributed by atoms with van der Waals surface area (Å²) < 4.78 is 27.5. The molecule has 0 saturated heterocycles. The fraction of sp³-hybridized carbons (Fsp3) is 0.250. The Bertz CT molecular complexity index is 659. The van der Waals surface area contributed by atoms with E-state index in [-0.39, 0.29) is 28.0 Å². The third kappa shape index (κ3) is 3.88. The van der Waals surface area contributed by atoms with Gasteiger partial charge in [-0.25, -0.2) is 8.42 Å². The normalized spacial score (nSPS) is 20.1. The van der Waals surface area contributed by atoms with Crippen LogP contribution in [0.4, 0.5) is 0 Å². The summed E-state index contributed by atoms with van der Waals surface area (Å²) in [4.78, 5) is 11.8. The van der Waals surface area contributed by atoms with Crippen molar-refractivity contribution in [3.63, 3.8) is 0 Å². The topological polar surface area (TPSA) is 60.4 Å². The molecule has 1 aliphatic heterocycles. The molecule has 2 rings (SSSR count). The highest BCUT2D eigenvalue weighted by molar-refractivity contribution is 7.94. The Hall–Kier alpha value is -0.750. The number of rotatable bonds is 3. The number of carbonyl (C=O) groups is 1. The minimum atomic E-state index is -3.19. The van der Waals surface area contributed by atoms with Gasteiger partial charge >= 0.3 is 5.97 Å². The van der Waals surface area contributed by atoms with E-state index >= 15 is 0 Å². The maximum absolute atomic E-state index is 11.8. The van der Waals surface area contributed by atoms with Gasteiger partial charge in [0.1, 0.15) is 0 Å². The molecule has 1 atom stereocenters. The maximum atomic E-state index is 11.8. The average Bonchev–Trinajstić information content (AvgIpc) is 2.63. The second-order valence-corrected chi connectivity index (χ2v) is 7.48. The highest BCUT2D eigenvalue weighted by atomic mass is 35.5. The fourth-order valence-corrected chi connectivity index (χ4v) is 4.06. The van der Waals surface area contributed by atoms with Crippen molar-refractivity contribution in [2.45, 2.75) is 6.42 Å². The molecule has 1 unspecified atom stereocenters. The Kier molecular flexibility index (Phi) is 4.64. The number of esters is 1. The summed E-state index contributed by atoms with van der Waals surface area (Å²) in [6, 6.07) is 2.80. The number of hydrogen-bond donors (Lipinski definition) is 0. The van der Waals surface area contributed by atoms with Gasteiger partial charge in [0.05, 0.1) is 22.2 Å². The first-order valence-corrected chi connectivity index (χ1v) is 8.38. The first-order chi connectivity index (χ1) is 9.27. The van der Waals surface area contributed by atoms with Gasteiger partial charge in [0.25, 0.3) is 0 Å². The molecule has 0 spiro atoms. The summed E-state index contributed by atoms with van der Waals surface area (Å²) >= 11 is 17.5. The molecule has 0 N–H and O–H groups in total. The smallest absolute Gasteiger partial charge is 0.311 e. The Morgan fingerprint density at radius 2 is 1.85 bits per heavy atom. The SMILES string of the molecule is O=C(CC1C=CS(=O)(=O)C1)Oc1c(Cl)cc(Cl)cc1Cl. The van der Waals surface area contributed by atoms with E-state index in [1.165, 1.54) is 18.2 Å². The van der Waals surface area contributed by atoms with Crippen molar-refractivity contribution in [2.75, 3.05) is 5.75 Å². The lowest BCUT2D eigenvalue weighted by Crippen LogP contribution is -2.16. The molecule has 1 heterocycles. The molecule has 8 heteroatoms. The zero-order valence-electron chi connectivity index (χ0n) is 9.98. The molecular weight excluding hydrogens is 347 g/mol. The summed E-state index contributed by atoms with van der Waals surface area (Å²) in [5, 5.41) is 1.66. The molecule has 0 aromatic heterocycles. The molecule has 1 aliphatic rings. The van der Waals surface area contributed by atoms with Crippen LogP contribution in [0.3, 0.4) is 0 Å². The highest BCUT2D eigenvalue weighted by Crippen LogP contribution is 2.36. The van der Waals surface area contributed by atoms with Crippen molar-refractivity contribution in [3.05, 3.63) is 38.7 Å². The number of hydrogen-bond acceptors (Lipinski definition) is 4. The molecule has 108 valence electrons. The molecule has 0 aliphatic carbocycles. The number of sulfone groups is 1. The summed E-state index contributed by atoms with van der Waals surface area (Å²) in [6.45, 7) is 0. The van der Waals surface area contributed by atoms with Gasteiger partial charge in [0, 0.05) is 16.3 Å². The predicted octanol–water partition coefficient (Wildman–Crippen LogP) is 3.50. The molecular formula is C12H9Cl3O4S. The van der Waals surface area contributed by atoms with E-state index in [0.29, 0.717) is 5.02 Å². The molecule has 0 amide bonds. The number of carbonyl (C=O) groups excluding carboxylic acids is 1. The third-order valence-electron chi connectivity index (χ3n) is 2.61. The molecule has 0 bridgehead atoms. The van der Waals surface area contributed by atoms with Crippen molar-refractivity contribution < 1.29 is 17.9 Å². The minimum absolute atomic E-state index is 0.0209. The van der Waals surface area contributed by atoms with Crippen LogP contribution >= 0.6 is 34.8 Å². The molecule has 0 radical (unpaired) electrons. The Labute approximate surface area is 131 Å². The average molecular weight is 356 g/mol. The van der Waals surface area contributed by atoms with Gasteiger partial charge in [0.15, 0.2) is 15.6 Å². The lowest BCUT2D eigenvalue weighted by molar-refractivity contribution is -0.134. The summed E-state index contributed by atoms with van der Waals surface area (Å²) in [7, 11) is -3.19. The van der Waals surface area contributed by atoms with Gasteiger partial charge in [-0.3, -0.25) is 4.79 Å². The van der Waals surface area contributed by atoms with E-state index in [4.69, 9.17) is 39.5 Å². The van der Waals surface area contributed by atoms with Crippen molar-refractivity contribution in [3.8, 4) is 5.75 Å². The van der Waals surface area contributed by atoms with E-state index in [9.17, 15) is 13.2 Å². The summed E-state index contributed by atoms with van der Waals surface area (Å²) in [5.41, 5.74) is 0. The van der Waals surface area contributed by atoms with Gasteiger partial charge in [0.2, 0.25) is 0 Å². The van der Waals surface area contributed by atoms with Crippen molar-refractivity contribution in [2.24, 2.45) is 5.92 Å². The molecule has 1 aromatic rings. The van der Waals surface area contributed by atoms with Crippen LogP contribution in [0.1, 0.15) is 6.42 Å². The standard InChI is InChI=1S/C12H9Cl3O4S/c13-8-4-9(14)12(10(15)5-8)19-11(16)3-7-1-2-20(17,18)6-7/h1-2,4-5,7H,3,6H2. The Balaban J connectivity index is 2.05. The second-order valence-electron chi connectivity index (χ2n) is 4.29. The summed E-state index contributed by atoms with van der Waals surface area (Å²) in [6.07, 6.45) is 1.41. The number of allylic oxidation sites excluding steroid dienone is 1. The van der Waals surface area contributed by atoms with Crippen LogP contribution in [0.15, 0.2) is 23.6 Å². The van der Waals surface area contributed by atoms with Crippen LogP contribution in [0.5, 0.6) is 5.75 Å². The lowest BCUT2D eigenvalue weighted by Gasteiger charge is -2.10. The predicted molar refractivity (Wildman–Crippen MR) is 78.1 cm³/mol. The molecule has 4 nitrogen and oxygen atoms in total. The highest BCUT2D eigenvalue weighted by Gasteiger charge is 2.25. The first kappa shape index (κ1) is 15.6. The van der Waals surface area contributed by atoms with E-state index in [2.05, 4.69) is 0 Å². The molecule has 20 heavy (non-hydrogen) atoms. The molecule has 1 aromatic carbocycles. The van der Waals surface area contributed by atoms with Gasteiger partial charge in [-0.05, 0) is 12.1 Å². The van der Waals surface area contributed by atoms with Gasteiger partial charge < -0.3 is 4.74 Å². The fourth-order valence-electron chi connectivity index (χ4n) is 1.76. The number of benzene rings is 1. The Morgan fingerprint density at radius 3 is 2.35 bits per heavy atom. The van der Waals surface area contributed by atoms with E-state index in [1.807, 2.05) is 0 Å². The summed E-state index contributed by atoms with van der Waals surface area (Å²) in [5.74, 6) is -1.07. The van der Waals surface area contributed by atoms with Crippen LogP contribution in [0, 0.1) is 5.92 Å². The molecule has 0 fully saturated rings. The second kappa shape index (κ2) is 5.93. The van der Waals surface area contributed by atoms with Crippen LogP contribution in [-0.4, -0.2) is 20.1 Å².